The number of nitrogens with zero attached hydrogens (tertiary/aromatic N) is 2. The number of amides is 1. The summed E-state index contributed by atoms with van der Waals surface area (Å²) in [6, 6.07) is 14.7. The Morgan fingerprint density at radius 2 is 1.81 bits per heavy atom. The fourth-order valence-corrected chi connectivity index (χ4v) is 3.34. The van der Waals surface area contributed by atoms with E-state index in [0.717, 1.165) is 25.9 Å². The second kappa shape index (κ2) is 7.09. The first-order valence-electron chi connectivity index (χ1n) is 8.81. The molecule has 0 radical (unpaired) electrons. The Morgan fingerprint density at radius 1 is 1.08 bits per heavy atom. The third kappa shape index (κ3) is 3.36. The lowest BCUT2D eigenvalue weighted by atomic mass is 10.1. The van der Waals surface area contributed by atoms with Crippen LogP contribution in [0.25, 0.3) is 22.3 Å². The molecule has 132 valence electrons. The van der Waals surface area contributed by atoms with Gasteiger partial charge in [0, 0.05) is 5.56 Å². The van der Waals surface area contributed by atoms with Crippen molar-refractivity contribution in [2.24, 2.45) is 0 Å². The average molecular weight is 348 g/mol. The molecule has 0 unspecified atom stereocenters. The molecule has 1 amide bonds. The highest BCUT2D eigenvalue weighted by Crippen LogP contribution is 2.25. The molecule has 1 aliphatic heterocycles. The number of benzene rings is 2. The Morgan fingerprint density at radius 3 is 2.65 bits per heavy atom. The molecule has 26 heavy (non-hydrogen) atoms. The number of aromatic amines is 1. The van der Waals surface area contributed by atoms with Crippen LogP contribution in [0.15, 0.2) is 53.3 Å². The van der Waals surface area contributed by atoms with Crippen LogP contribution in [0.3, 0.4) is 0 Å². The second-order valence-electron chi connectivity index (χ2n) is 6.51. The Bertz CT molecular complexity index is 1010. The van der Waals surface area contributed by atoms with Crippen molar-refractivity contribution in [2.75, 3.05) is 25.0 Å². The van der Waals surface area contributed by atoms with E-state index in [1.165, 1.54) is 0 Å². The van der Waals surface area contributed by atoms with Gasteiger partial charge in [0.15, 0.2) is 0 Å². The maximum atomic E-state index is 12.5. The van der Waals surface area contributed by atoms with Crippen LogP contribution in [-0.2, 0) is 4.79 Å². The van der Waals surface area contributed by atoms with E-state index in [0.29, 0.717) is 34.5 Å². The van der Waals surface area contributed by atoms with Gasteiger partial charge in [0.25, 0.3) is 5.56 Å². The largest absolute Gasteiger partial charge is 0.324 e. The van der Waals surface area contributed by atoms with E-state index < -0.39 is 0 Å². The molecule has 0 bridgehead atoms. The molecule has 6 nitrogen and oxygen atoms in total. The van der Waals surface area contributed by atoms with Crippen LogP contribution in [-0.4, -0.2) is 40.4 Å². The minimum atomic E-state index is -0.273. The fourth-order valence-electron chi connectivity index (χ4n) is 3.34. The number of fused-ring (bicyclic) bond motifs is 1. The maximum absolute atomic E-state index is 12.5. The molecule has 1 aromatic heterocycles. The van der Waals surface area contributed by atoms with Gasteiger partial charge in [-0.2, -0.15) is 0 Å². The molecule has 0 spiro atoms. The van der Waals surface area contributed by atoms with Gasteiger partial charge in [-0.25, -0.2) is 4.98 Å². The third-order valence-corrected chi connectivity index (χ3v) is 4.62. The number of H-pyrrole nitrogens is 1. The van der Waals surface area contributed by atoms with Crippen LogP contribution in [0, 0.1) is 0 Å². The van der Waals surface area contributed by atoms with Crippen LogP contribution in [0.1, 0.15) is 12.8 Å². The number of aromatic nitrogens is 2. The number of carbonyl (C=O) groups excluding carboxylic acids is 1. The average Bonchev–Trinajstić information content (AvgIpc) is 3.14. The molecular weight excluding hydrogens is 328 g/mol. The van der Waals surface area contributed by atoms with E-state index >= 15 is 0 Å². The summed E-state index contributed by atoms with van der Waals surface area (Å²) in [4.78, 5) is 34.4. The van der Waals surface area contributed by atoms with Gasteiger partial charge >= 0.3 is 0 Å². The standard InChI is InChI=1S/C20H20N4O2/c25-18(13-24-11-5-6-12-24)21-15-8-2-1-7-14(15)19-20(26)23-17-10-4-3-9-16(17)22-19/h1-4,7-10H,5-6,11-13H2,(H,21,25)(H,23,26). The number of rotatable bonds is 4. The normalized spacial score (nSPS) is 14.6. The van der Waals surface area contributed by atoms with Crippen molar-refractivity contribution in [1.29, 1.82) is 0 Å². The number of para-hydroxylation sites is 3. The van der Waals surface area contributed by atoms with Crippen molar-refractivity contribution in [2.45, 2.75) is 12.8 Å². The zero-order chi connectivity index (χ0) is 17.9. The molecule has 4 rings (SSSR count). The van der Waals surface area contributed by atoms with E-state index in [-0.39, 0.29) is 11.5 Å². The van der Waals surface area contributed by atoms with Crippen molar-refractivity contribution < 1.29 is 4.79 Å². The molecule has 0 saturated carbocycles. The summed E-state index contributed by atoms with van der Waals surface area (Å²) in [5, 5.41) is 2.94. The molecule has 1 saturated heterocycles. The first-order chi connectivity index (χ1) is 12.7. The Balaban J connectivity index is 1.66. The monoisotopic (exact) mass is 348 g/mol. The molecule has 6 heteroatoms. The second-order valence-corrected chi connectivity index (χ2v) is 6.51. The van der Waals surface area contributed by atoms with Crippen molar-refractivity contribution in [3.05, 3.63) is 58.9 Å². The van der Waals surface area contributed by atoms with Crippen molar-refractivity contribution >= 4 is 22.6 Å². The molecule has 1 aliphatic rings. The molecule has 2 N–H and O–H groups in total. The van der Waals surface area contributed by atoms with Gasteiger partial charge in [0.2, 0.25) is 5.91 Å². The Labute approximate surface area is 150 Å². The minimum Gasteiger partial charge on any atom is -0.324 e. The lowest BCUT2D eigenvalue weighted by molar-refractivity contribution is -0.117. The molecule has 1 fully saturated rings. The lowest BCUT2D eigenvalue weighted by Gasteiger charge is -2.15. The lowest BCUT2D eigenvalue weighted by Crippen LogP contribution is -2.31. The predicted molar refractivity (Wildman–Crippen MR) is 102 cm³/mol. The molecule has 0 atom stereocenters. The van der Waals surface area contributed by atoms with E-state index in [4.69, 9.17) is 0 Å². The van der Waals surface area contributed by atoms with Crippen LogP contribution < -0.4 is 10.9 Å². The minimum absolute atomic E-state index is 0.0726. The van der Waals surface area contributed by atoms with E-state index in [9.17, 15) is 9.59 Å². The number of hydrogen-bond donors (Lipinski definition) is 2. The summed E-state index contributed by atoms with van der Waals surface area (Å²) in [5.74, 6) is -0.0726. The molecule has 2 heterocycles. The van der Waals surface area contributed by atoms with Gasteiger partial charge in [-0.1, -0.05) is 30.3 Å². The van der Waals surface area contributed by atoms with E-state index in [1.54, 1.807) is 12.1 Å². The van der Waals surface area contributed by atoms with Crippen molar-refractivity contribution in [3.63, 3.8) is 0 Å². The highest BCUT2D eigenvalue weighted by molar-refractivity contribution is 5.96. The van der Waals surface area contributed by atoms with Crippen LogP contribution >= 0.6 is 0 Å². The number of anilines is 1. The zero-order valence-corrected chi connectivity index (χ0v) is 14.4. The SMILES string of the molecule is O=C(CN1CCCC1)Nc1ccccc1-c1nc2ccccc2[nH]c1=O. The first-order valence-corrected chi connectivity index (χ1v) is 8.81. The number of nitrogens with one attached hydrogen (secondary N) is 2. The van der Waals surface area contributed by atoms with Crippen molar-refractivity contribution in [3.8, 4) is 11.3 Å². The molecule has 0 aliphatic carbocycles. The summed E-state index contributed by atoms with van der Waals surface area (Å²) < 4.78 is 0. The van der Waals surface area contributed by atoms with Gasteiger partial charge in [0.05, 0.1) is 23.3 Å². The van der Waals surface area contributed by atoms with Gasteiger partial charge in [-0.15, -0.1) is 0 Å². The number of carbonyl (C=O) groups is 1. The maximum Gasteiger partial charge on any atom is 0.275 e. The van der Waals surface area contributed by atoms with Crippen LogP contribution in [0.5, 0.6) is 0 Å². The van der Waals surface area contributed by atoms with Crippen LogP contribution in [0.2, 0.25) is 0 Å². The topological polar surface area (TPSA) is 78.1 Å². The van der Waals surface area contributed by atoms with Gasteiger partial charge in [0.1, 0.15) is 5.69 Å². The third-order valence-electron chi connectivity index (χ3n) is 4.62. The summed E-state index contributed by atoms with van der Waals surface area (Å²) >= 11 is 0. The van der Waals surface area contributed by atoms with Gasteiger partial charge in [-0.05, 0) is 44.1 Å². The Kier molecular flexibility index (Phi) is 4.50. The van der Waals surface area contributed by atoms with Gasteiger partial charge in [-0.3, -0.25) is 14.5 Å². The van der Waals surface area contributed by atoms with Crippen LogP contribution in [0.4, 0.5) is 5.69 Å². The number of likely N-dealkylation sites (tertiary alicyclic amines) is 1. The van der Waals surface area contributed by atoms with Crippen molar-refractivity contribution in [1.82, 2.24) is 14.9 Å². The quantitative estimate of drug-likeness (QED) is 0.760. The fraction of sp³-hybridized carbons (Fsp3) is 0.250. The zero-order valence-electron chi connectivity index (χ0n) is 14.4. The highest BCUT2D eigenvalue weighted by atomic mass is 16.2. The highest BCUT2D eigenvalue weighted by Gasteiger charge is 2.17. The number of hydrogen-bond acceptors (Lipinski definition) is 4. The van der Waals surface area contributed by atoms with E-state index in [1.807, 2.05) is 36.4 Å². The summed E-state index contributed by atoms with van der Waals surface area (Å²) in [7, 11) is 0. The van der Waals surface area contributed by atoms with Gasteiger partial charge < -0.3 is 10.3 Å². The molecule has 3 aromatic rings. The predicted octanol–water partition coefficient (Wildman–Crippen LogP) is 2.62. The summed E-state index contributed by atoms with van der Waals surface area (Å²) in [6.45, 7) is 2.29. The molecule has 2 aromatic carbocycles. The first kappa shape index (κ1) is 16.5. The van der Waals surface area contributed by atoms with E-state index in [2.05, 4.69) is 20.2 Å². The summed E-state index contributed by atoms with van der Waals surface area (Å²) in [6.07, 6.45) is 2.28. The molecular formula is C20H20N4O2. The smallest absolute Gasteiger partial charge is 0.275 e. The summed E-state index contributed by atoms with van der Waals surface area (Å²) in [5.41, 5.74) is 2.65. The Hall–Kier alpha value is -2.99.